The van der Waals surface area contributed by atoms with Crippen LogP contribution in [0.1, 0.15) is 10.5 Å². The van der Waals surface area contributed by atoms with Crippen LogP contribution in [-0.2, 0) is 6.54 Å². The summed E-state index contributed by atoms with van der Waals surface area (Å²) in [6, 6.07) is 5.89. The zero-order valence-electron chi connectivity index (χ0n) is 9.88. The maximum atomic E-state index is 11.1. The highest BCUT2D eigenvalue weighted by Gasteiger charge is 2.16. The largest absolute Gasteiger partial charge is 0.507 e. The van der Waals surface area contributed by atoms with Crippen LogP contribution in [0.3, 0.4) is 0 Å². The summed E-state index contributed by atoms with van der Waals surface area (Å²) >= 11 is 5.86. The van der Waals surface area contributed by atoms with Gasteiger partial charge in [0.05, 0.1) is 12.2 Å². The number of rotatable bonds is 4. The van der Waals surface area contributed by atoms with Gasteiger partial charge in [0.25, 0.3) is 0 Å². The smallest absolute Gasteiger partial charge is 0.354 e. The van der Waals surface area contributed by atoms with Crippen LogP contribution in [0.2, 0.25) is 5.02 Å². The molecule has 0 radical (unpaired) electrons. The lowest BCUT2D eigenvalue weighted by Crippen LogP contribution is -2.08. The van der Waals surface area contributed by atoms with Gasteiger partial charge in [0.2, 0.25) is 0 Å². The molecular weight excluding hydrogens is 268 g/mol. The first-order chi connectivity index (χ1) is 9.02. The van der Waals surface area contributed by atoms with Crippen LogP contribution < -0.4 is 0 Å². The Morgan fingerprint density at radius 3 is 2.84 bits per heavy atom. The van der Waals surface area contributed by atoms with Gasteiger partial charge in [0.1, 0.15) is 11.4 Å². The van der Waals surface area contributed by atoms with E-state index in [4.69, 9.17) is 16.7 Å². The van der Waals surface area contributed by atoms with E-state index < -0.39 is 5.97 Å². The van der Waals surface area contributed by atoms with E-state index in [2.05, 4.69) is 11.7 Å². The second-order valence-electron chi connectivity index (χ2n) is 3.85. The highest BCUT2D eigenvalue weighted by molar-refractivity contribution is 6.30. The lowest BCUT2D eigenvalue weighted by molar-refractivity contribution is 0.0684. The summed E-state index contributed by atoms with van der Waals surface area (Å²) in [5, 5.41) is 23.4. The summed E-state index contributed by atoms with van der Waals surface area (Å²) < 4.78 is 1.30. The van der Waals surface area contributed by atoms with Gasteiger partial charge >= 0.3 is 5.97 Å². The molecule has 0 bridgehead atoms. The SMILES string of the molecule is C=CCn1nc(-c2cc(Cl)ccc2O)cc1C(=O)O. The molecule has 0 aliphatic heterocycles. The van der Waals surface area contributed by atoms with Crippen molar-refractivity contribution in [2.24, 2.45) is 0 Å². The third kappa shape index (κ3) is 2.61. The Hall–Kier alpha value is -2.27. The van der Waals surface area contributed by atoms with Crippen LogP contribution in [0.25, 0.3) is 11.3 Å². The number of allylic oxidation sites excluding steroid dienone is 1. The molecule has 2 N–H and O–H groups in total. The van der Waals surface area contributed by atoms with E-state index in [1.165, 1.54) is 22.9 Å². The number of carbonyl (C=O) groups is 1. The molecule has 0 spiro atoms. The van der Waals surface area contributed by atoms with Gasteiger partial charge in [-0.25, -0.2) is 4.79 Å². The minimum Gasteiger partial charge on any atom is -0.507 e. The van der Waals surface area contributed by atoms with Crippen LogP contribution in [0.15, 0.2) is 36.9 Å². The van der Waals surface area contributed by atoms with Crippen molar-refractivity contribution in [3.05, 3.63) is 47.6 Å². The van der Waals surface area contributed by atoms with Gasteiger partial charge in [0, 0.05) is 10.6 Å². The summed E-state index contributed by atoms with van der Waals surface area (Å²) in [5.74, 6) is -1.10. The van der Waals surface area contributed by atoms with Crippen LogP contribution >= 0.6 is 11.6 Å². The van der Waals surface area contributed by atoms with Gasteiger partial charge in [-0.3, -0.25) is 4.68 Å². The van der Waals surface area contributed by atoms with Crippen molar-refractivity contribution in [1.82, 2.24) is 9.78 Å². The maximum Gasteiger partial charge on any atom is 0.354 e. The molecule has 1 aromatic carbocycles. The van der Waals surface area contributed by atoms with Gasteiger partial charge in [-0.05, 0) is 24.3 Å². The van der Waals surface area contributed by atoms with Crippen molar-refractivity contribution >= 4 is 17.6 Å². The third-order valence-electron chi connectivity index (χ3n) is 2.54. The molecule has 2 aromatic rings. The molecule has 0 amide bonds. The Morgan fingerprint density at radius 2 is 2.21 bits per heavy atom. The number of hydrogen-bond acceptors (Lipinski definition) is 3. The monoisotopic (exact) mass is 278 g/mol. The number of carboxylic acid groups (broad SMARTS) is 1. The maximum absolute atomic E-state index is 11.1. The number of hydrogen-bond donors (Lipinski definition) is 2. The number of aromatic nitrogens is 2. The van der Waals surface area contributed by atoms with E-state index in [9.17, 15) is 9.90 Å². The van der Waals surface area contributed by atoms with E-state index >= 15 is 0 Å². The Morgan fingerprint density at radius 1 is 1.47 bits per heavy atom. The number of phenolic OH excluding ortho intramolecular Hbond substituents is 1. The highest BCUT2D eigenvalue weighted by Crippen LogP contribution is 2.31. The standard InChI is InChI=1S/C13H11ClN2O3/c1-2-5-16-11(13(18)19)7-10(15-16)9-6-8(14)3-4-12(9)17/h2-4,6-7,17H,1,5H2,(H,18,19). The molecule has 6 heteroatoms. The predicted molar refractivity (Wildman–Crippen MR) is 71.5 cm³/mol. The topological polar surface area (TPSA) is 75.3 Å². The summed E-state index contributed by atoms with van der Waals surface area (Å²) in [5.41, 5.74) is 0.756. The number of aromatic hydroxyl groups is 1. The Labute approximate surface area is 114 Å². The van der Waals surface area contributed by atoms with Crippen molar-refractivity contribution in [1.29, 1.82) is 0 Å². The van der Waals surface area contributed by atoms with Crippen LogP contribution in [0.5, 0.6) is 5.75 Å². The third-order valence-corrected chi connectivity index (χ3v) is 2.77. The average molecular weight is 279 g/mol. The Bertz CT molecular complexity index is 649. The van der Waals surface area contributed by atoms with Gasteiger partial charge in [-0.15, -0.1) is 6.58 Å². The second-order valence-corrected chi connectivity index (χ2v) is 4.29. The molecule has 2 rings (SSSR count). The van der Waals surface area contributed by atoms with Crippen molar-refractivity contribution in [2.45, 2.75) is 6.54 Å². The van der Waals surface area contributed by atoms with Gasteiger partial charge < -0.3 is 10.2 Å². The molecule has 19 heavy (non-hydrogen) atoms. The lowest BCUT2D eigenvalue weighted by Gasteiger charge is -2.01. The predicted octanol–water partition coefficient (Wildman–Crippen LogP) is 2.79. The average Bonchev–Trinajstić information content (AvgIpc) is 2.77. The van der Waals surface area contributed by atoms with Crippen molar-refractivity contribution in [3.63, 3.8) is 0 Å². The van der Waals surface area contributed by atoms with Crippen LogP contribution in [0, 0.1) is 0 Å². The van der Waals surface area contributed by atoms with Crippen molar-refractivity contribution in [2.75, 3.05) is 0 Å². The van der Waals surface area contributed by atoms with Gasteiger partial charge in [-0.2, -0.15) is 5.10 Å². The summed E-state index contributed by atoms with van der Waals surface area (Å²) in [6.45, 7) is 3.81. The lowest BCUT2D eigenvalue weighted by atomic mass is 10.1. The molecule has 1 heterocycles. The number of aromatic carboxylic acids is 1. The fraction of sp³-hybridized carbons (Fsp3) is 0.0769. The molecule has 5 nitrogen and oxygen atoms in total. The van der Waals surface area contributed by atoms with Crippen molar-refractivity contribution < 1.29 is 15.0 Å². The fourth-order valence-corrected chi connectivity index (χ4v) is 1.87. The van der Waals surface area contributed by atoms with E-state index in [1.807, 2.05) is 0 Å². The van der Waals surface area contributed by atoms with E-state index in [0.29, 0.717) is 16.3 Å². The van der Waals surface area contributed by atoms with E-state index in [1.54, 1.807) is 12.1 Å². The van der Waals surface area contributed by atoms with Gasteiger partial charge in [0.15, 0.2) is 0 Å². The summed E-state index contributed by atoms with van der Waals surface area (Å²) in [6.07, 6.45) is 1.54. The molecule has 0 saturated carbocycles. The molecule has 0 saturated heterocycles. The summed E-state index contributed by atoms with van der Waals surface area (Å²) in [4.78, 5) is 11.1. The zero-order chi connectivity index (χ0) is 14.0. The quantitative estimate of drug-likeness (QED) is 0.843. The first-order valence-corrected chi connectivity index (χ1v) is 5.81. The van der Waals surface area contributed by atoms with Crippen molar-refractivity contribution in [3.8, 4) is 17.0 Å². The molecule has 98 valence electrons. The van der Waals surface area contributed by atoms with Gasteiger partial charge in [-0.1, -0.05) is 17.7 Å². The molecule has 0 unspecified atom stereocenters. The summed E-state index contributed by atoms with van der Waals surface area (Å²) in [7, 11) is 0. The highest BCUT2D eigenvalue weighted by atomic mass is 35.5. The number of benzene rings is 1. The number of carboxylic acids is 1. The molecule has 0 aliphatic carbocycles. The second kappa shape index (κ2) is 5.16. The molecular formula is C13H11ClN2O3. The minimum atomic E-state index is -1.10. The molecule has 0 atom stereocenters. The molecule has 1 aromatic heterocycles. The Balaban J connectivity index is 2.56. The fourth-order valence-electron chi connectivity index (χ4n) is 1.70. The van der Waals surface area contributed by atoms with Crippen LogP contribution in [-0.4, -0.2) is 26.0 Å². The Kier molecular flexibility index (Phi) is 3.57. The molecule has 0 aliphatic rings. The molecule has 0 fully saturated rings. The first kappa shape index (κ1) is 13.2. The number of phenols is 1. The van der Waals surface area contributed by atoms with E-state index in [-0.39, 0.29) is 18.0 Å². The number of halogens is 1. The minimum absolute atomic E-state index is 0.00964. The normalized spacial score (nSPS) is 10.4. The van der Waals surface area contributed by atoms with Crippen LogP contribution in [0.4, 0.5) is 0 Å². The first-order valence-electron chi connectivity index (χ1n) is 5.44. The zero-order valence-corrected chi connectivity index (χ0v) is 10.6. The number of nitrogens with zero attached hydrogens (tertiary/aromatic N) is 2. The van der Waals surface area contributed by atoms with E-state index in [0.717, 1.165) is 0 Å².